The van der Waals surface area contributed by atoms with Gasteiger partial charge in [0.1, 0.15) is 0 Å². The minimum atomic E-state index is -0.736. The lowest BCUT2D eigenvalue weighted by atomic mass is 9.86. The lowest BCUT2D eigenvalue weighted by Gasteiger charge is -2.27. The van der Waals surface area contributed by atoms with E-state index in [9.17, 15) is 9.59 Å². The second kappa shape index (κ2) is 6.89. The summed E-state index contributed by atoms with van der Waals surface area (Å²) >= 11 is 3.44. The van der Waals surface area contributed by atoms with E-state index in [2.05, 4.69) is 26.2 Å². The van der Waals surface area contributed by atoms with Crippen LogP contribution in [0.5, 0.6) is 0 Å². The van der Waals surface area contributed by atoms with Gasteiger partial charge < -0.3 is 10.4 Å². The summed E-state index contributed by atoms with van der Waals surface area (Å²) in [5.74, 6) is -1.14. The summed E-state index contributed by atoms with van der Waals surface area (Å²) < 4.78 is 0.900. The Balaban J connectivity index is 1.79. The fourth-order valence-corrected chi connectivity index (χ4v) is 3.63. The average molecular weight is 391 g/mol. The normalized spacial score (nSPS) is 20.8. The Morgan fingerprint density at radius 1 is 1.21 bits per heavy atom. The number of carbonyl (C=O) groups is 2. The standard InChI is InChI=1S/C18H19BrN2O3/c1-10-8-15(14-9-12(19)4-7-16(14)20-10)17(22)21-13-5-2-11(3-6-13)18(23)24/h4,7-9,11,13H,2-3,5-6H2,1H3,(H,21,22)(H,23,24). The van der Waals surface area contributed by atoms with Crippen LogP contribution >= 0.6 is 15.9 Å². The monoisotopic (exact) mass is 390 g/mol. The van der Waals surface area contributed by atoms with Crippen LogP contribution in [0.3, 0.4) is 0 Å². The minimum absolute atomic E-state index is 0.0313. The average Bonchev–Trinajstić information content (AvgIpc) is 2.55. The van der Waals surface area contributed by atoms with Crippen molar-refractivity contribution in [2.45, 2.75) is 38.6 Å². The number of hydrogen-bond acceptors (Lipinski definition) is 3. The lowest BCUT2D eigenvalue weighted by molar-refractivity contribution is -0.142. The van der Waals surface area contributed by atoms with Gasteiger partial charge in [0.25, 0.3) is 5.91 Å². The third kappa shape index (κ3) is 3.59. The Kier molecular flexibility index (Phi) is 4.85. The number of aryl methyl sites for hydroxylation is 1. The maximum atomic E-state index is 12.7. The number of carbonyl (C=O) groups excluding carboxylic acids is 1. The van der Waals surface area contributed by atoms with Crippen LogP contribution in [0, 0.1) is 12.8 Å². The molecule has 0 atom stereocenters. The van der Waals surface area contributed by atoms with Crippen molar-refractivity contribution in [3.63, 3.8) is 0 Å². The number of benzene rings is 1. The molecule has 2 N–H and O–H groups in total. The molecule has 24 heavy (non-hydrogen) atoms. The van der Waals surface area contributed by atoms with Crippen molar-refractivity contribution in [2.75, 3.05) is 0 Å². The van der Waals surface area contributed by atoms with Crippen molar-refractivity contribution in [1.29, 1.82) is 0 Å². The quantitative estimate of drug-likeness (QED) is 0.837. The topological polar surface area (TPSA) is 79.3 Å². The van der Waals surface area contributed by atoms with Gasteiger partial charge in [-0.2, -0.15) is 0 Å². The molecule has 1 aliphatic carbocycles. The number of carboxylic acid groups (broad SMARTS) is 1. The molecule has 2 aromatic rings. The summed E-state index contributed by atoms with van der Waals surface area (Å²) in [6.45, 7) is 1.87. The van der Waals surface area contributed by atoms with Crippen LogP contribution < -0.4 is 5.32 Å². The van der Waals surface area contributed by atoms with Crippen LogP contribution in [-0.4, -0.2) is 28.0 Å². The fraction of sp³-hybridized carbons (Fsp3) is 0.389. The first-order chi connectivity index (χ1) is 11.4. The molecule has 1 aromatic heterocycles. The number of hydrogen-bond donors (Lipinski definition) is 2. The maximum absolute atomic E-state index is 12.7. The van der Waals surface area contributed by atoms with E-state index >= 15 is 0 Å². The van der Waals surface area contributed by atoms with Crippen molar-refractivity contribution in [3.8, 4) is 0 Å². The molecule has 0 spiro atoms. The summed E-state index contributed by atoms with van der Waals surface area (Å²) in [5, 5.41) is 12.9. The van der Waals surface area contributed by atoms with Crippen molar-refractivity contribution in [3.05, 3.63) is 40.0 Å². The van der Waals surface area contributed by atoms with Gasteiger partial charge in [-0.3, -0.25) is 14.6 Å². The third-order valence-electron chi connectivity index (χ3n) is 4.56. The zero-order valence-corrected chi connectivity index (χ0v) is 15.0. The number of rotatable bonds is 3. The van der Waals surface area contributed by atoms with Crippen molar-refractivity contribution >= 4 is 38.7 Å². The first-order valence-corrected chi connectivity index (χ1v) is 8.84. The molecular formula is C18H19BrN2O3. The molecule has 0 saturated heterocycles. The molecule has 1 saturated carbocycles. The number of amides is 1. The number of aliphatic carboxylic acids is 1. The van der Waals surface area contributed by atoms with Gasteiger partial charge in [0, 0.05) is 21.6 Å². The van der Waals surface area contributed by atoms with Crippen LogP contribution in [-0.2, 0) is 4.79 Å². The number of nitrogens with one attached hydrogen (secondary N) is 1. The number of carboxylic acids is 1. The van der Waals surface area contributed by atoms with E-state index in [1.165, 1.54) is 0 Å². The highest BCUT2D eigenvalue weighted by Gasteiger charge is 2.27. The Morgan fingerprint density at radius 2 is 1.92 bits per heavy atom. The third-order valence-corrected chi connectivity index (χ3v) is 5.05. The summed E-state index contributed by atoms with van der Waals surface area (Å²) in [7, 11) is 0. The summed E-state index contributed by atoms with van der Waals surface area (Å²) in [5.41, 5.74) is 2.20. The number of aromatic nitrogens is 1. The molecule has 1 heterocycles. The van der Waals surface area contributed by atoms with Crippen LogP contribution in [0.25, 0.3) is 10.9 Å². The van der Waals surface area contributed by atoms with E-state index in [4.69, 9.17) is 5.11 Å². The fourth-order valence-electron chi connectivity index (χ4n) is 3.27. The van der Waals surface area contributed by atoms with Gasteiger partial charge in [-0.25, -0.2) is 0 Å². The molecule has 1 aliphatic rings. The van der Waals surface area contributed by atoms with Crippen molar-refractivity contribution < 1.29 is 14.7 Å². The molecule has 1 fully saturated rings. The molecular weight excluding hydrogens is 372 g/mol. The highest BCUT2D eigenvalue weighted by molar-refractivity contribution is 9.10. The first-order valence-electron chi connectivity index (χ1n) is 8.04. The summed E-state index contributed by atoms with van der Waals surface area (Å²) in [6, 6.07) is 7.53. The van der Waals surface area contributed by atoms with Crippen LogP contribution in [0.4, 0.5) is 0 Å². The van der Waals surface area contributed by atoms with E-state index in [1.807, 2.05) is 25.1 Å². The van der Waals surface area contributed by atoms with Gasteiger partial charge in [-0.1, -0.05) is 15.9 Å². The van der Waals surface area contributed by atoms with Crippen molar-refractivity contribution in [2.24, 2.45) is 5.92 Å². The Hall–Kier alpha value is -1.95. The zero-order chi connectivity index (χ0) is 17.3. The van der Waals surface area contributed by atoms with Gasteiger partial charge in [-0.05, 0) is 56.9 Å². The van der Waals surface area contributed by atoms with Crippen molar-refractivity contribution in [1.82, 2.24) is 10.3 Å². The first kappa shape index (κ1) is 16.9. The van der Waals surface area contributed by atoms with E-state index in [1.54, 1.807) is 6.07 Å². The van der Waals surface area contributed by atoms with Crippen LogP contribution in [0.15, 0.2) is 28.7 Å². The largest absolute Gasteiger partial charge is 0.481 e. The molecule has 3 rings (SSSR count). The van der Waals surface area contributed by atoms with E-state index in [0.29, 0.717) is 31.2 Å². The van der Waals surface area contributed by atoms with Gasteiger partial charge in [0.2, 0.25) is 0 Å². The van der Waals surface area contributed by atoms with Crippen LogP contribution in [0.2, 0.25) is 0 Å². The molecule has 126 valence electrons. The Bertz CT molecular complexity index is 798. The molecule has 0 radical (unpaired) electrons. The van der Waals surface area contributed by atoms with E-state index in [-0.39, 0.29) is 17.9 Å². The molecule has 0 unspecified atom stereocenters. The summed E-state index contributed by atoms with van der Waals surface area (Å²) in [4.78, 5) is 28.2. The number of nitrogens with zero attached hydrogens (tertiary/aromatic N) is 1. The summed E-state index contributed by atoms with van der Waals surface area (Å²) in [6.07, 6.45) is 2.63. The number of fused-ring (bicyclic) bond motifs is 1. The maximum Gasteiger partial charge on any atom is 0.306 e. The highest BCUT2D eigenvalue weighted by Crippen LogP contribution is 2.26. The van der Waals surface area contributed by atoms with Gasteiger partial charge in [0.15, 0.2) is 0 Å². The molecule has 0 aliphatic heterocycles. The molecule has 1 amide bonds. The predicted octanol–water partition coefficient (Wildman–Crippen LogP) is 3.68. The lowest BCUT2D eigenvalue weighted by Crippen LogP contribution is -2.38. The smallest absolute Gasteiger partial charge is 0.306 e. The predicted molar refractivity (Wildman–Crippen MR) is 95.0 cm³/mol. The highest BCUT2D eigenvalue weighted by atomic mass is 79.9. The SMILES string of the molecule is Cc1cc(C(=O)NC2CCC(C(=O)O)CC2)c2cc(Br)ccc2n1. The van der Waals surface area contributed by atoms with Gasteiger partial charge in [0.05, 0.1) is 17.0 Å². The Labute approximate surface area is 148 Å². The molecule has 0 bridgehead atoms. The molecule has 1 aromatic carbocycles. The van der Waals surface area contributed by atoms with E-state index in [0.717, 1.165) is 21.1 Å². The van der Waals surface area contributed by atoms with E-state index < -0.39 is 5.97 Å². The molecule has 6 heteroatoms. The minimum Gasteiger partial charge on any atom is -0.481 e. The Morgan fingerprint density at radius 3 is 2.58 bits per heavy atom. The van der Waals surface area contributed by atoms with Gasteiger partial charge in [-0.15, -0.1) is 0 Å². The molecule has 5 nitrogen and oxygen atoms in total. The second-order valence-electron chi connectivity index (χ2n) is 6.33. The van der Waals surface area contributed by atoms with Gasteiger partial charge >= 0.3 is 5.97 Å². The van der Waals surface area contributed by atoms with Crippen LogP contribution in [0.1, 0.15) is 41.7 Å². The zero-order valence-electron chi connectivity index (χ0n) is 13.4. The number of pyridine rings is 1. The second-order valence-corrected chi connectivity index (χ2v) is 7.25. The number of halogens is 1.